The van der Waals surface area contributed by atoms with Crippen LogP contribution in [0.2, 0.25) is 0 Å². The molecular weight excluding hydrogens is 366 g/mol. The summed E-state index contributed by atoms with van der Waals surface area (Å²) in [7, 11) is 0. The van der Waals surface area contributed by atoms with Gasteiger partial charge in [-0.25, -0.2) is 0 Å². The van der Waals surface area contributed by atoms with Gasteiger partial charge in [0, 0.05) is 18.2 Å². The maximum atomic E-state index is 12.2. The maximum Gasteiger partial charge on any atom is 0.252 e. The predicted molar refractivity (Wildman–Crippen MR) is 107 cm³/mol. The van der Waals surface area contributed by atoms with E-state index in [0.29, 0.717) is 29.2 Å². The van der Waals surface area contributed by atoms with Gasteiger partial charge in [0.05, 0.1) is 5.56 Å². The van der Waals surface area contributed by atoms with E-state index in [-0.39, 0.29) is 30.3 Å². The summed E-state index contributed by atoms with van der Waals surface area (Å²) >= 11 is 0. The Balaban J connectivity index is 0.00000261. The van der Waals surface area contributed by atoms with Gasteiger partial charge in [-0.3, -0.25) is 9.59 Å². The zero-order valence-corrected chi connectivity index (χ0v) is 15.7. The number of benzene rings is 2. The molecule has 0 aromatic heterocycles. The van der Waals surface area contributed by atoms with E-state index >= 15 is 0 Å². The number of primary amides is 1. The number of ether oxygens (including phenoxy) is 1. The SMILES string of the molecule is Cl.NC(=O)c1ccccc1Oc1ccc(NC(=O)C[C@@H]2CCC[C@H]2N)cc1. The molecule has 0 spiro atoms. The van der Waals surface area contributed by atoms with Crippen LogP contribution in [-0.2, 0) is 4.79 Å². The van der Waals surface area contributed by atoms with E-state index in [0.717, 1.165) is 19.3 Å². The minimum atomic E-state index is -0.547. The van der Waals surface area contributed by atoms with Gasteiger partial charge in [-0.15, -0.1) is 12.4 Å². The third-order valence-electron chi connectivity index (χ3n) is 4.68. The summed E-state index contributed by atoms with van der Waals surface area (Å²) in [6, 6.07) is 13.9. The molecule has 2 aromatic rings. The molecule has 144 valence electrons. The van der Waals surface area contributed by atoms with Crippen molar-refractivity contribution < 1.29 is 14.3 Å². The second kappa shape index (κ2) is 9.39. The molecule has 0 unspecified atom stereocenters. The topological polar surface area (TPSA) is 107 Å². The Labute approximate surface area is 164 Å². The zero-order chi connectivity index (χ0) is 18.5. The molecule has 0 aliphatic heterocycles. The van der Waals surface area contributed by atoms with Crippen molar-refractivity contribution in [3.05, 3.63) is 54.1 Å². The summed E-state index contributed by atoms with van der Waals surface area (Å²) in [6.45, 7) is 0. The maximum absolute atomic E-state index is 12.2. The van der Waals surface area contributed by atoms with Gasteiger partial charge in [0.1, 0.15) is 11.5 Å². The highest BCUT2D eigenvalue weighted by Gasteiger charge is 2.26. The Morgan fingerprint density at radius 2 is 1.78 bits per heavy atom. The van der Waals surface area contributed by atoms with Gasteiger partial charge >= 0.3 is 0 Å². The normalized spacial score (nSPS) is 18.4. The fraction of sp³-hybridized carbons (Fsp3) is 0.300. The lowest BCUT2D eigenvalue weighted by molar-refractivity contribution is -0.117. The van der Waals surface area contributed by atoms with Gasteiger partial charge in [0.2, 0.25) is 5.91 Å². The zero-order valence-electron chi connectivity index (χ0n) is 14.9. The lowest BCUT2D eigenvalue weighted by Crippen LogP contribution is -2.28. The highest BCUT2D eigenvalue weighted by Crippen LogP contribution is 2.28. The molecule has 6 nitrogen and oxygen atoms in total. The van der Waals surface area contributed by atoms with Crippen molar-refractivity contribution in [2.45, 2.75) is 31.7 Å². The lowest BCUT2D eigenvalue weighted by Gasteiger charge is -2.15. The first-order valence-electron chi connectivity index (χ1n) is 8.75. The second-order valence-electron chi connectivity index (χ2n) is 6.59. The highest BCUT2D eigenvalue weighted by molar-refractivity contribution is 5.95. The number of amides is 2. The number of carbonyl (C=O) groups is 2. The third kappa shape index (κ3) is 5.45. The quantitative estimate of drug-likeness (QED) is 0.703. The third-order valence-corrected chi connectivity index (χ3v) is 4.68. The number of anilines is 1. The van der Waals surface area contributed by atoms with Crippen molar-refractivity contribution in [1.82, 2.24) is 0 Å². The summed E-state index contributed by atoms with van der Waals surface area (Å²) in [5, 5.41) is 2.89. The largest absolute Gasteiger partial charge is 0.457 e. The Morgan fingerprint density at radius 3 is 2.41 bits per heavy atom. The van der Waals surface area contributed by atoms with Gasteiger partial charge in [0.25, 0.3) is 5.91 Å². The Morgan fingerprint density at radius 1 is 1.07 bits per heavy atom. The van der Waals surface area contributed by atoms with Crippen LogP contribution in [0.15, 0.2) is 48.5 Å². The van der Waals surface area contributed by atoms with Crippen molar-refractivity contribution >= 4 is 29.9 Å². The number of hydrogen-bond acceptors (Lipinski definition) is 4. The van der Waals surface area contributed by atoms with Crippen LogP contribution in [0.1, 0.15) is 36.0 Å². The van der Waals surface area contributed by atoms with Crippen LogP contribution in [0.25, 0.3) is 0 Å². The first kappa shape index (κ1) is 20.7. The van der Waals surface area contributed by atoms with Gasteiger partial charge < -0.3 is 21.5 Å². The van der Waals surface area contributed by atoms with Crippen LogP contribution < -0.4 is 21.5 Å². The summed E-state index contributed by atoms with van der Waals surface area (Å²) in [5.74, 6) is 0.638. The molecule has 1 fully saturated rings. The molecule has 2 amide bonds. The highest BCUT2D eigenvalue weighted by atomic mass is 35.5. The van der Waals surface area contributed by atoms with E-state index in [1.54, 1.807) is 48.5 Å². The van der Waals surface area contributed by atoms with E-state index in [1.165, 1.54) is 0 Å². The molecule has 5 N–H and O–H groups in total. The Bertz CT molecular complexity index is 795. The number of nitrogens with two attached hydrogens (primary N) is 2. The number of para-hydroxylation sites is 1. The fourth-order valence-corrected chi connectivity index (χ4v) is 3.26. The van der Waals surface area contributed by atoms with Crippen molar-refractivity contribution in [2.75, 3.05) is 5.32 Å². The summed E-state index contributed by atoms with van der Waals surface area (Å²) in [6.07, 6.45) is 3.56. The van der Waals surface area contributed by atoms with Crippen LogP contribution in [-0.4, -0.2) is 17.9 Å². The van der Waals surface area contributed by atoms with Gasteiger partial charge in [-0.2, -0.15) is 0 Å². The average Bonchev–Trinajstić information content (AvgIpc) is 3.01. The predicted octanol–water partition coefficient (Wildman–Crippen LogP) is 3.46. The molecule has 7 heteroatoms. The minimum Gasteiger partial charge on any atom is -0.457 e. The molecule has 3 rings (SSSR count). The summed E-state index contributed by atoms with van der Waals surface area (Å²) < 4.78 is 5.72. The molecule has 1 aliphatic carbocycles. The van der Waals surface area contributed by atoms with Crippen LogP contribution in [0.4, 0.5) is 5.69 Å². The van der Waals surface area contributed by atoms with E-state index < -0.39 is 5.91 Å². The van der Waals surface area contributed by atoms with E-state index in [9.17, 15) is 9.59 Å². The second-order valence-corrected chi connectivity index (χ2v) is 6.59. The van der Waals surface area contributed by atoms with Gasteiger partial charge in [-0.1, -0.05) is 18.6 Å². The minimum absolute atomic E-state index is 0. The van der Waals surface area contributed by atoms with Crippen LogP contribution in [0.5, 0.6) is 11.5 Å². The monoisotopic (exact) mass is 389 g/mol. The molecule has 0 radical (unpaired) electrons. The molecule has 1 aliphatic rings. The average molecular weight is 390 g/mol. The molecule has 1 saturated carbocycles. The molecular formula is C20H24ClN3O3. The Kier molecular flexibility index (Phi) is 7.21. The number of hydrogen-bond donors (Lipinski definition) is 3. The van der Waals surface area contributed by atoms with Crippen molar-refractivity contribution in [1.29, 1.82) is 0 Å². The fourth-order valence-electron chi connectivity index (χ4n) is 3.26. The molecule has 0 saturated heterocycles. The smallest absolute Gasteiger partial charge is 0.252 e. The van der Waals surface area contributed by atoms with Crippen LogP contribution in [0.3, 0.4) is 0 Å². The lowest BCUT2D eigenvalue weighted by atomic mass is 10.00. The molecule has 27 heavy (non-hydrogen) atoms. The summed E-state index contributed by atoms with van der Waals surface area (Å²) in [4.78, 5) is 23.6. The van der Waals surface area contributed by atoms with Gasteiger partial charge in [-0.05, 0) is 55.2 Å². The number of carbonyl (C=O) groups excluding carboxylic acids is 2. The summed E-state index contributed by atoms with van der Waals surface area (Å²) in [5.41, 5.74) is 12.4. The number of nitrogens with one attached hydrogen (secondary N) is 1. The molecule has 2 atom stereocenters. The first-order valence-corrected chi connectivity index (χ1v) is 8.75. The first-order chi connectivity index (χ1) is 12.5. The number of rotatable bonds is 6. The standard InChI is InChI=1S/C20H23N3O3.ClH/c21-17-6-3-4-13(17)12-19(24)23-14-8-10-15(11-9-14)26-18-7-2-1-5-16(18)20(22)25;/h1-2,5,7-11,13,17H,3-4,6,12,21H2,(H2,22,25)(H,23,24);1H/t13-,17+;/m0./s1. The van der Waals surface area contributed by atoms with Crippen LogP contribution >= 0.6 is 12.4 Å². The molecule has 0 bridgehead atoms. The van der Waals surface area contributed by atoms with Gasteiger partial charge in [0.15, 0.2) is 0 Å². The van der Waals surface area contributed by atoms with E-state index in [1.807, 2.05) is 0 Å². The Hall–Kier alpha value is -2.57. The van der Waals surface area contributed by atoms with E-state index in [4.69, 9.17) is 16.2 Å². The molecule has 0 heterocycles. The van der Waals surface area contributed by atoms with Crippen molar-refractivity contribution in [2.24, 2.45) is 17.4 Å². The van der Waals surface area contributed by atoms with Crippen molar-refractivity contribution in [3.63, 3.8) is 0 Å². The van der Waals surface area contributed by atoms with Crippen LogP contribution in [0, 0.1) is 5.92 Å². The number of halogens is 1. The van der Waals surface area contributed by atoms with E-state index in [2.05, 4.69) is 5.32 Å². The van der Waals surface area contributed by atoms with Crippen molar-refractivity contribution in [3.8, 4) is 11.5 Å². The molecule has 2 aromatic carbocycles.